The lowest BCUT2D eigenvalue weighted by Gasteiger charge is -2.05. The van der Waals surface area contributed by atoms with E-state index in [4.69, 9.17) is 0 Å². The number of aromatic nitrogens is 2. The first-order valence-corrected chi connectivity index (χ1v) is 6.39. The molecule has 0 radical (unpaired) electrons. The Bertz CT molecular complexity index is 603. The van der Waals surface area contributed by atoms with E-state index in [-0.39, 0.29) is 11.6 Å². The summed E-state index contributed by atoms with van der Waals surface area (Å²) in [4.78, 5) is 27.4. The van der Waals surface area contributed by atoms with Gasteiger partial charge in [0, 0.05) is 25.5 Å². The van der Waals surface area contributed by atoms with Gasteiger partial charge in [-0.1, -0.05) is 0 Å². The number of hydrogen-bond acceptors (Lipinski definition) is 4. The van der Waals surface area contributed by atoms with E-state index in [1.807, 2.05) is 18.4 Å². The van der Waals surface area contributed by atoms with Crippen LogP contribution in [0, 0.1) is 6.92 Å². The summed E-state index contributed by atoms with van der Waals surface area (Å²) < 4.78 is 1.46. The van der Waals surface area contributed by atoms with Gasteiger partial charge in [0.05, 0.1) is 4.88 Å². The molecule has 0 atom stereocenters. The Labute approximate surface area is 108 Å². The van der Waals surface area contributed by atoms with Crippen molar-refractivity contribution in [2.45, 2.75) is 13.5 Å². The molecule has 2 aromatic rings. The molecule has 0 aliphatic rings. The van der Waals surface area contributed by atoms with E-state index in [1.165, 1.54) is 22.1 Å². The number of carbonyl (C=O) groups excluding carboxylic acids is 1. The molecular formula is C12H13N3O2S. The van der Waals surface area contributed by atoms with E-state index < -0.39 is 0 Å². The predicted molar refractivity (Wildman–Crippen MR) is 69.9 cm³/mol. The zero-order valence-corrected chi connectivity index (χ0v) is 10.7. The van der Waals surface area contributed by atoms with Crippen molar-refractivity contribution >= 4 is 17.2 Å². The number of rotatable bonds is 4. The SMILES string of the molecule is Cc1csc(C(=O)NCCn2cccnc2=O)c1. The molecular weight excluding hydrogens is 250 g/mol. The van der Waals surface area contributed by atoms with Crippen LogP contribution in [0.2, 0.25) is 0 Å². The van der Waals surface area contributed by atoms with Crippen molar-refractivity contribution in [3.63, 3.8) is 0 Å². The molecule has 1 N–H and O–H groups in total. The van der Waals surface area contributed by atoms with Crippen LogP contribution in [0.5, 0.6) is 0 Å². The number of aryl methyl sites for hydroxylation is 1. The average Bonchev–Trinajstić information content (AvgIpc) is 2.78. The summed E-state index contributed by atoms with van der Waals surface area (Å²) in [5.41, 5.74) is 0.771. The highest BCUT2D eigenvalue weighted by Crippen LogP contribution is 2.12. The van der Waals surface area contributed by atoms with E-state index in [2.05, 4.69) is 10.3 Å². The molecule has 0 aliphatic heterocycles. The van der Waals surface area contributed by atoms with E-state index >= 15 is 0 Å². The van der Waals surface area contributed by atoms with Gasteiger partial charge in [0.15, 0.2) is 0 Å². The van der Waals surface area contributed by atoms with Crippen LogP contribution in [-0.4, -0.2) is 22.0 Å². The van der Waals surface area contributed by atoms with Crippen LogP contribution >= 0.6 is 11.3 Å². The Hall–Kier alpha value is -1.95. The first-order valence-electron chi connectivity index (χ1n) is 5.51. The molecule has 0 saturated carbocycles. The third kappa shape index (κ3) is 3.04. The van der Waals surface area contributed by atoms with Crippen LogP contribution in [0.3, 0.4) is 0 Å². The van der Waals surface area contributed by atoms with Crippen molar-refractivity contribution < 1.29 is 4.79 Å². The molecule has 18 heavy (non-hydrogen) atoms. The Balaban J connectivity index is 1.88. The summed E-state index contributed by atoms with van der Waals surface area (Å²) in [5.74, 6) is -0.106. The van der Waals surface area contributed by atoms with Gasteiger partial charge in [0.2, 0.25) is 0 Å². The van der Waals surface area contributed by atoms with E-state index in [0.29, 0.717) is 18.0 Å². The second-order valence-electron chi connectivity index (χ2n) is 3.84. The lowest BCUT2D eigenvalue weighted by molar-refractivity contribution is 0.0956. The van der Waals surface area contributed by atoms with Crippen molar-refractivity contribution in [1.82, 2.24) is 14.9 Å². The molecule has 0 unspecified atom stereocenters. The number of nitrogens with zero attached hydrogens (tertiary/aromatic N) is 2. The van der Waals surface area contributed by atoms with Gasteiger partial charge in [0.25, 0.3) is 5.91 Å². The molecule has 2 aromatic heterocycles. The van der Waals surface area contributed by atoms with Crippen LogP contribution in [0.1, 0.15) is 15.2 Å². The minimum atomic E-state index is -0.307. The fourth-order valence-electron chi connectivity index (χ4n) is 1.48. The van der Waals surface area contributed by atoms with Crippen molar-refractivity contribution in [2.24, 2.45) is 0 Å². The van der Waals surface area contributed by atoms with Gasteiger partial charge < -0.3 is 5.32 Å². The minimum absolute atomic E-state index is 0.106. The van der Waals surface area contributed by atoms with Gasteiger partial charge in [-0.2, -0.15) is 0 Å². The Kier molecular flexibility index (Phi) is 3.88. The maximum atomic E-state index is 11.7. The molecule has 1 amide bonds. The summed E-state index contributed by atoms with van der Waals surface area (Å²) >= 11 is 1.41. The fourth-order valence-corrected chi connectivity index (χ4v) is 2.30. The van der Waals surface area contributed by atoms with Gasteiger partial charge in [-0.25, -0.2) is 9.78 Å². The van der Waals surface area contributed by atoms with Gasteiger partial charge in [-0.05, 0) is 30.0 Å². The maximum Gasteiger partial charge on any atom is 0.347 e. The zero-order chi connectivity index (χ0) is 13.0. The standard InChI is InChI=1S/C12H13N3O2S/c1-9-7-10(18-8-9)11(16)13-4-6-15-5-2-3-14-12(15)17/h2-3,5,7-8H,4,6H2,1H3,(H,13,16). The van der Waals surface area contributed by atoms with E-state index in [9.17, 15) is 9.59 Å². The van der Waals surface area contributed by atoms with Gasteiger partial charge in [0.1, 0.15) is 0 Å². The van der Waals surface area contributed by atoms with Gasteiger partial charge in [-0.15, -0.1) is 11.3 Å². The average molecular weight is 263 g/mol. The van der Waals surface area contributed by atoms with Gasteiger partial charge >= 0.3 is 5.69 Å². The lowest BCUT2D eigenvalue weighted by atomic mass is 10.3. The number of hydrogen-bond donors (Lipinski definition) is 1. The summed E-state index contributed by atoms with van der Waals surface area (Å²) in [6.45, 7) is 2.77. The minimum Gasteiger partial charge on any atom is -0.350 e. The molecule has 0 spiro atoms. The lowest BCUT2D eigenvalue weighted by Crippen LogP contribution is -2.30. The van der Waals surface area contributed by atoms with Crippen molar-refractivity contribution in [1.29, 1.82) is 0 Å². The molecule has 5 nitrogen and oxygen atoms in total. The van der Waals surface area contributed by atoms with Crippen LogP contribution in [-0.2, 0) is 6.54 Å². The summed E-state index contributed by atoms with van der Waals surface area (Å²) in [6.07, 6.45) is 3.10. The molecule has 94 valence electrons. The highest BCUT2D eigenvalue weighted by atomic mass is 32.1. The highest BCUT2D eigenvalue weighted by Gasteiger charge is 2.06. The topological polar surface area (TPSA) is 64.0 Å². The molecule has 2 heterocycles. The first-order chi connectivity index (χ1) is 8.66. The van der Waals surface area contributed by atoms with Crippen LogP contribution in [0.4, 0.5) is 0 Å². The monoisotopic (exact) mass is 263 g/mol. The zero-order valence-electron chi connectivity index (χ0n) is 9.92. The number of carbonyl (C=O) groups is 1. The summed E-state index contributed by atoms with van der Waals surface area (Å²) in [5, 5.41) is 4.70. The Morgan fingerprint density at radius 3 is 3.06 bits per heavy atom. The third-order valence-corrected chi connectivity index (χ3v) is 3.42. The second kappa shape index (κ2) is 5.59. The quantitative estimate of drug-likeness (QED) is 0.896. The smallest absolute Gasteiger partial charge is 0.347 e. The van der Waals surface area contributed by atoms with Crippen LogP contribution in [0.15, 0.2) is 34.7 Å². The first kappa shape index (κ1) is 12.5. The number of amides is 1. The number of thiophene rings is 1. The van der Waals surface area contributed by atoms with Gasteiger partial charge in [-0.3, -0.25) is 9.36 Å². The molecule has 6 heteroatoms. The maximum absolute atomic E-state index is 11.7. The number of nitrogens with one attached hydrogen (secondary N) is 1. The molecule has 0 aromatic carbocycles. The van der Waals surface area contributed by atoms with Crippen LogP contribution < -0.4 is 11.0 Å². The fraction of sp³-hybridized carbons (Fsp3) is 0.250. The van der Waals surface area contributed by atoms with Crippen LogP contribution in [0.25, 0.3) is 0 Å². The second-order valence-corrected chi connectivity index (χ2v) is 4.75. The molecule has 0 aliphatic carbocycles. The van der Waals surface area contributed by atoms with E-state index in [0.717, 1.165) is 5.56 Å². The molecule has 0 fully saturated rings. The molecule has 0 saturated heterocycles. The van der Waals surface area contributed by atoms with Crippen molar-refractivity contribution in [2.75, 3.05) is 6.54 Å². The Morgan fingerprint density at radius 1 is 1.56 bits per heavy atom. The van der Waals surface area contributed by atoms with E-state index in [1.54, 1.807) is 12.3 Å². The predicted octanol–water partition coefficient (Wildman–Crippen LogP) is 1.04. The summed E-state index contributed by atoms with van der Waals surface area (Å²) in [7, 11) is 0. The third-order valence-electron chi connectivity index (χ3n) is 2.38. The Morgan fingerprint density at radius 2 is 2.39 bits per heavy atom. The molecule has 2 rings (SSSR count). The highest BCUT2D eigenvalue weighted by molar-refractivity contribution is 7.12. The summed E-state index contributed by atoms with van der Waals surface area (Å²) in [6, 6.07) is 3.53. The van der Waals surface area contributed by atoms with Crippen molar-refractivity contribution in [3.8, 4) is 0 Å². The largest absolute Gasteiger partial charge is 0.350 e. The normalized spacial score (nSPS) is 10.3. The molecule has 0 bridgehead atoms. The van der Waals surface area contributed by atoms with Crippen molar-refractivity contribution in [3.05, 3.63) is 50.8 Å².